The quantitative estimate of drug-likeness (QED) is 0.522. The molecule has 4 nitrogen and oxygen atoms in total. The summed E-state index contributed by atoms with van der Waals surface area (Å²) in [5.74, 6) is -5.01. The van der Waals surface area contributed by atoms with Crippen LogP contribution < -0.4 is 0 Å². The van der Waals surface area contributed by atoms with Gasteiger partial charge in [-0.25, -0.2) is 4.39 Å². The Morgan fingerprint density at radius 3 is 1.74 bits per heavy atom. The van der Waals surface area contributed by atoms with E-state index >= 15 is 0 Å². The van der Waals surface area contributed by atoms with E-state index in [0.717, 1.165) is 6.07 Å². The van der Waals surface area contributed by atoms with Crippen LogP contribution in [0, 0.1) is 5.82 Å². The van der Waals surface area contributed by atoms with Crippen LogP contribution in [0.2, 0.25) is 0 Å². The Morgan fingerprint density at radius 1 is 0.778 bits per heavy atom. The highest BCUT2D eigenvalue weighted by Gasteiger charge is 2.34. The molecule has 3 aromatic carbocycles. The van der Waals surface area contributed by atoms with Gasteiger partial charge in [-0.05, 0) is 17.2 Å². The standard InChI is InChI=1S/C22H17FO4/c23-18-14-8-7-13-17(18)19(21(24)25)22(26)27-20(15-9-3-1-4-10-15)16-11-5-2-6-12-16/h1-14,19-20H,(H,24,25). The Kier molecular flexibility index (Phi) is 5.61. The van der Waals surface area contributed by atoms with Gasteiger partial charge < -0.3 is 9.84 Å². The van der Waals surface area contributed by atoms with Gasteiger partial charge in [-0.1, -0.05) is 78.9 Å². The first-order valence-electron chi connectivity index (χ1n) is 8.35. The molecular weight excluding hydrogens is 347 g/mol. The molecular formula is C22H17FO4. The van der Waals surface area contributed by atoms with Crippen molar-refractivity contribution < 1.29 is 23.8 Å². The number of carboxylic acids is 1. The topological polar surface area (TPSA) is 63.6 Å². The average Bonchev–Trinajstić information content (AvgIpc) is 2.69. The smallest absolute Gasteiger partial charge is 0.325 e. The summed E-state index contributed by atoms with van der Waals surface area (Å²) < 4.78 is 19.6. The van der Waals surface area contributed by atoms with E-state index in [1.54, 1.807) is 48.5 Å². The van der Waals surface area contributed by atoms with Crippen molar-refractivity contribution in [1.29, 1.82) is 0 Å². The second kappa shape index (κ2) is 8.27. The van der Waals surface area contributed by atoms with Crippen molar-refractivity contribution in [2.45, 2.75) is 12.0 Å². The normalized spacial score (nSPS) is 11.8. The first-order valence-corrected chi connectivity index (χ1v) is 8.35. The molecule has 0 saturated carbocycles. The Labute approximate surface area is 155 Å². The van der Waals surface area contributed by atoms with Gasteiger partial charge >= 0.3 is 11.9 Å². The molecule has 0 aromatic heterocycles. The molecule has 1 unspecified atom stereocenters. The molecule has 0 heterocycles. The molecule has 3 rings (SSSR count). The van der Waals surface area contributed by atoms with Gasteiger partial charge in [0.25, 0.3) is 0 Å². The van der Waals surface area contributed by atoms with Gasteiger partial charge in [-0.3, -0.25) is 9.59 Å². The molecule has 0 aliphatic heterocycles. The second-order valence-electron chi connectivity index (χ2n) is 5.93. The molecule has 1 N–H and O–H groups in total. The van der Waals surface area contributed by atoms with E-state index in [-0.39, 0.29) is 5.56 Å². The van der Waals surface area contributed by atoms with E-state index in [1.165, 1.54) is 18.2 Å². The molecule has 5 heteroatoms. The Bertz CT molecular complexity index is 886. The predicted octanol–water partition coefficient (Wildman–Crippen LogP) is 4.33. The van der Waals surface area contributed by atoms with Crippen LogP contribution in [-0.2, 0) is 14.3 Å². The molecule has 0 aliphatic carbocycles. The van der Waals surface area contributed by atoms with Crippen LogP contribution in [0.3, 0.4) is 0 Å². The molecule has 0 fully saturated rings. The van der Waals surface area contributed by atoms with Crippen LogP contribution >= 0.6 is 0 Å². The molecule has 0 aliphatic rings. The minimum absolute atomic E-state index is 0.227. The third kappa shape index (κ3) is 4.20. The lowest BCUT2D eigenvalue weighted by Crippen LogP contribution is -2.26. The zero-order valence-electron chi connectivity index (χ0n) is 14.3. The number of ether oxygens (including phenoxy) is 1. The maximum absolute atomic E-state index is 14.1. The zero-order valence-corrected chi connectivity index (χ0v) is 14.3. The lowest BCUT2D eigenvalue weighted by molar-refractivity contribution is -0.157. The molecule has 0 radical (unpaired) electrons. The van der Waals surface area contributed by atoms with Crippen molar-refractivity contribution >= 4 is 11.9 Å². The first kappa shape index (κ1) is 18.3. The number of rotatable bonds is 6. The van der Waals surface area contributed by atoms with Gasteiger partial charge in [-0.2, -0.15) is 0 Å². The van der Waals surface area contributed by atoms with Crippen LogP contribution in [0.4, 0.5) is 4.39 Å². The summed E-state index contributed by atoms with van der Waals surface area (Å²) in [5.41, 5.74) is 1.15. The fraction of sp³-hybridized carbons (Fsp3) is 0.0909. The van der Waals surface area contributed by atoms with E-state index in [2.05, 4.69) is 0 Å². The summed E-state index contributed by atoms with van der Waals surface area (Å²) in [4.78, 5) is 24.4. The molecule has 0 bridgehead atoms. The van der Waals surface area contributed by atoms with Crippen LogP contribution in [0.25, 0.3) is 0 Å². The Hall–Kier alpha value is -3.47. The molecule has 136 valence electrons. The number of hydrogen-bond acceptors (Lipinski definition) is 3. The van der Waals surface area contributed by atoms with Crippen molar-refractivity contribution in [3.63, 3.8) is 0 Å². The maximum Gasteiger partial charge on any atom is 0.325 e. The number of aliphatic carboxylic acids is 1. The number of esters is 1. The molecule has 27 heavy (non-hydrogen) atoms. The fourth-order valence-electron chi connectivity index (χ4n) is 2.84. The van der Waals surface area contributed by atoms with Gasteiger partial charge in [0.1, 0.15) is 5.82 Å². The van der Waals surface area contributed by atoms with Crippen LogP contribution in [0.15, 0.2) is 84.9 Å². The summed E-state index contributed by atoms with van der Waals surface area (Å²) in [6.45, 7) is 0. The number of carbonyl (C=O) groups is 2. The lowest BCUT2D eigenvalue weighted by Gasteiger charge is -2.21. The van der Waals surface area contributed by atoms with Crippen LogP contribution in [0.1, 0.15) is 28.7 Å². The predicted molar refractivity (Wildman–Crippen MR) is 97.6 cm³/mol. The number of carboxylic acid groups (broad SMARTS) is 1. The van der Waals surface area contributed by atoms with Crippen LogP contribution in [0.5, 0.6) is 0 Å². The highest BCUT2D eigenvalue weighted by atomic mass is 19.1. The summed E-state index contributed by atoms with van der Waals surface area (Å²) in [7, 11) is 0. The molecule has 3 aromatic rings. The summed E-state index contributed by atoms with van der Waals surface area (Å²) in [5, 5.41) is 9.51. The van der Waals surface area contributed by atoms with Gasteiger partial charge in [-0.15, -0.1) is 0 Å². The van der Waals surface area contributed by atoms with Crippen molar-refractivity contribution in [2.75, 3.05) is 0 Å². The number of hydrogen-bond donors (Lipinski definition) is 1. The lowest BCUT2D eigenvalue weighted by atomic mass is 9.97. The second-order valence-corrected chi connectivity index (χ2v) is 5.93. The first-order chi connectivity index (χ1) is 13.1. The van der Waals surface area contributed by atoms with Crippen molar-refractivity contribution in [3.05, 3.63) is 107 Å². The molecule has 0 amide bonds. The van der Waals surface area contributed by atoms with Crippen molar-refractivity contribution in [3.8, 4) is 0 Å². The SMILES string of the molecule is O=C(O)C(C(=O)OC(c1ccccc1)c1ccccc1)c1ccccc1F. The van der Waals surface area contributed by atoms with E-state index < -0.39 is 29.8 Å². The minimum Gasteiger partial charge on any atom is -0.480 e. The largest absolute Gasteiger partial charge is 0.480 e. The van der Waals surface area contributed by atoms with Crippen molar-refractivity contribution in [1.82, 2.24) is 0 Å². The maximum atomic E-state index is 14.1. The monoisotopic (exact) mass is 364 g/mol. The van der Waals surface area contributed by atoms with Crippen LogP contribution in [-0.4, -0.2) is 17.0 Å². The number of carbonyl (C=O) groups excluding carboxylic acids is 1. The van der Waals surface area contributed by atoms with Gasteiger partial charge in [0.15, 0.2) is 12.0 Å². The minimum atomic E-state index is -1.75. The summed E-state index contributed by atoms with van der Waals surface area (Å²) >= 11 is 0. The van der Waals surface area contributed by atoms with Gasteiger partial charge in [0.05, 0.1) is 0 Å². The van der Waals surface area contributed by atoms with E-state index in [9.17, 15) is 19.1 Å². The number of halogens is 1. The van der Waals surface area contributed by atoms with E-state index in [1.807, 2.05) is 12.1 Å². The fourth-order valence-corrected chi connectivity index (χ4v) is 2.84. The molecule has 0 spiro atoms. The van der Waals surface area contributed by atoms with Crippen molar-refractivity contribution in [2.24, 2.45) is 0 Å². The summed E-state index contributed by atoms with van der Waals surface area (Å²) in [6, 6.07) is 23.3. The highest BCUT2D eigenvalue weighted by Crippen LogP contribution is 2.29. The van der Waals surface area contributed by atoms with Gasteiger partial charge in [0.2, 0.25) is 0 Å². The molecule has 0 saturated heterocycles. The highest BCUT2D eigenvalue weighted by molar-refractivity contribution is 6.00. The van der Waals surface area contributed by atoms with E-state index in [4.69, 9.17) is 4.74 Å². The van der Waals surface area contributed by atoms with Gasteiger partial charge in [0, 0.05) is 5.56 Å². The molecule has 1 atom stereocenters. The zero-order chi connectivity index (χ0) is 19.2. The van der Waals surface area contributed by atoms with E-state index in [0.29, 0.717) is 11.1 Å². The third-order valence-corrected chi connectivity index (χ3v) is 4.14. The number of benzene rings is 3. The third-order valence-electron chi connectivity index (χ3n) is 4.14. The average molecular weight is 364 g/mol. The Morgan fingerprint density at radius 2 is 1.26 bits per heavy atom. The summed E-state index contributed by atoms with van der Waals surface area (Å²) in [6.07, 6.45) is -0.798. The Balaban J connectivity index is 1.96.